The Kier molecular flexibility index (Phi) is 5.39. The first kappa shape index (κ1) is 14.1. The molecule has 0 saturated heterocycles. The zero-order chi connectivity index (χ0) is 13.5. The molecular formula is C14H21NO4. The summed E-state index contributed by atoms with van der Waals surface area (Å²) in [5, 5.41) is 3.34. The fourth-order valence-corrected chi connectivity index (χ4v) is 2.73. The third-order valence-corrected chi connectivity index (χ3v) is 3.83. The van der Waals surface area contributed by atoms with E-state index in [1.807, 2.05) is 0 Å². The Labute approximate surface area is 113 Å². The quantitative estimate of drug-likeness (QED) is 0.702. The Hall–Kier alpha value is -1.36. The van der Waals surface area contributed by atoms with E-state index in [-0.39, 0.29) is 25.0 Å². The zero-order valence-electron chi connectivity index (χ0n) is 11.1. The number of hydrogen-bond acceptors (Lipinski definition) is 5. The molecule has 1 aliphatic heterocycles. The molecule has 1 heterocycles. The number of ether oxygens (including phenoxy) is 2. The molecule has 106 valence electrons. The molecule has 5 nitrogen and oxygen atoms in total. The van der Waals surface area contributed by atoms with Crippen LogP contribution in [-0.2, 0) is 19.1 Å². The van der Waals surface area contributed by atoms with Crippen LogP contribution in [0.5, 0.6) is 0 Å². The number of nitrogens with one attached hydrogen (secondary N) is 1. The smallest absolute Gasteiger partial charge is 0.293 e. The number of Topliss-reactive ketones (excluding diaryl/α,β-unsaturated/α-hetero) is 1. The van der Waals surface area contributed by atoms with E-state index in [2.05, 4.69) is 5.32 Å². The van der Waals surface area contributed by atoms with E-state index in [1.54, 1.807) is 0 Å². The molecule has 1 N–H and O–H groups in total. The summed E-state index contributed by atoms with van der Waals surface area (Å²) in [6.45, 7) is 1.54. The van der Waals surface area contributed by atoms with Crippen LogP contribution in [0.4, 0.5) is 0 Å². The van der Waals surface area contributed by atoms with Crippen LogP contribution in [0.2, 0.25) is 0 Å². The van der Waals surface area contributed by atoms with Crippen LogP contribution in [0.25, 0.3) is 0 Å². The molecule has 0 aromatic carbocycles. The minimum absolute atomic E-state index is 0.0318. The molecule has 19 heavy (non-hydrogen) atoms. The van der Waals surface area contributed by atoms with Gasteiger partial charge >= 0.3 is 0 Å². The minimum atomic E-state index is -0.248. The number of hydrogen-bond donors (Lipinski definition) is 1. The van der Waals surface area contributed by atoms with Crippen LogP contribution in [0.15, 0.2) is 11.8 Å². The molecule has 1 saturated carbocycles. The molecule has 0 spiro atoms. The minimum Gasteiger partial charge on any atom is -0.493 e. The van der Waals surface area contributed by atoms with Crippen LogP contribution >= 0.6 is 0 Å². The first-order valence-electron chi connectivity index (χ1n) is 6.94. The zero-order valence-corrected chi connectivity index (χ0v) is 11.1. The number of rotatable bonds is 7. The lowest BCUT2D eigenvalue weighted by molar-refractivity contribution is -0.129. The van der Waals surface area contributed by atoms with Crippen molar-refractivity contribution in [3.05, 3.63) is 11.8 Å². The highest BCUT2D eigenvalue weighted by Gasteiger charge is 2.26. The Bertz CT molecular complexity index is 347. The number of carbonyl (C=O) groups is 2. The molecule has 0 radical (unpaired) electrons. The normalized spacial score (nSPS) is 21.7. The molecule has 2 aliphatic rings. The molecule has 1 unspecified atom stereocenters. The second-order valence-corrected chi connectivity index (χ2v) is 5.20. The van der Waals surface area contributed by atoms with Crippen LogP contribution in [0.1, 0.15) is 32.1 Å². The van der Waals surface area contributed by atoms with Crippen molar-refractivity contribution in [2.75, 3.05) is 19.8 Å². The van der Waals surface area contributed by atoms with Crippen molar-refractivity contribution in [3.8, 4) is 0 Å². The summed E-state index contributed by atoms with van der Waals surface area (Å²) in [5.41, 5.74) is 0.581. The largest absolute Gasteiger partial charge is 0.493 e. The lowest BCUT2D eigenvalue weighted by atomic mass is 9.89. The maximum Gasteiger partial charge on any atom is 0.293 e. The maximum absolute atomic E-state index is 11.7. The van der Waals surface area contributed by atoms with Gasteiger partial charge in [0.15, 0.2) is 6.61 Å². The molecule has 2 rings (SSSR count). The number of ketones is 1. The molecule has 0 aromatic heterocycles. The first-order chi connectivity index (χ1) is 9.31. The summed E-state index contributed by atoms with van der Waals surface area (Å²) in [4.78, 5) is 22.0. The molecule has 0 bridgehead atoms. The van der Waals surface area contributed by atoms with E-state index < -0.39 is 0 Å². The third kappa shape index (κ3) is 4.06. The van der Waals surface area contributed by atoms with Crippen LogP contribution in [0, 0.1) is 5.92 Å². The second kappa shape index (κ2) is 7.28. The molecule has 0 amide bonds. The highest BCUT2D eigenvalue weighted by Crippen LogP contribution is 2.23. The van der Waals surface area contributed by atoms with Gasteiger partial charge in [0.25, 0.3) is 6.47 Å². The van der Waals surface area contributed by atoms with Crippen molar-refractivity contribution in [2.45, 2.75) is 38.1 Å². The topological polar surface area (TPSA) is 64.6 Å². The Morgan fingerprint density at radius 1 is 1.42 bits per heavy atom. The predicted octanol–water partition coefficient (Wildman–Crippen LogP) is 1.18. The van der Waals surface area contributed by atoms with Crippen LogP contribution < -0.4 is 5.32 Å². The number of carbonyl (C=O) groups excluding carboxylic acids is 2. The Morgan fingerprint density at radius 3 is 2.84 bits per heavy atom. The van der Waals surface area contributed by atoms with Crippen molar-refractivity contribution in [1.29, 1.82) is 0 Å². The van der Waals surface area contributed by atoms with Crippen molar-refractivity contribution >= 4 is 12.3 Å². The Morgan fingerprint density at radius 2 is 2.21 bits per heavy atom. The summed E-state index contributed by atoms with van der Waals surface area (Å²) in [5.74, 6) is 0.626. The standard InChI is InChI=1S/C14H21NO4/c16-10-19-8-13(12-7-18-9-14(12)17)15-6-11-4-2-1-3-5-11/h7,10-11,13,15H,1-6,8-9H2. The molecule has 5 heteroatoms. The highest BCUT2D eigenvalue weighted by atomic mass is 16.5. The average molecular weight is 267 g/mol. The summed E-state index contributed by atoms with van der Waals surface area (Å²) >= 11 is 0. The van der Waals surface area contributed by atoms with Gasteiger partial charge < -0.3 is 14.8 Å². The van der Waals surface area contributed by atoms with E-state index in [0.29, 0.717) is 18.0 Å². The van der Waals surface area contributed by atoms with Gasteiger partial charge in [0, 0.05) is 0 Å². The molecular weight excluding hydrogens is 246 g/mol. The summed E-state index contributed by atoms with van der Waals surface area (Å²) < 4.78 is 9.83. The van der Waals surface area contributed by atoms with Crippen molar-refractivity contribution in [2.24, 2.45) is 5.92 Å². The first-order valence-corrected chi connectivity index (χ1v) is 6.94. The van der Waals surface area contributed by atoms with Crippen molar-refractivity contribution in [1.82, 2.24) is 5.32 Å². The summed E-state index contributed by atoms with van der Waals surface area (Å²) in [6.07, 6.45) is 7.84. The van der Waals surface area contributed by atoms with Gasteiger partial charge in [-0.1, -0.05) is 19.3 Å². The van der Waals surface area contributed by atoms with E-state index >= 15 is 0 Å². The molecule has 0 aromatic rings. The van der Waals surface area contributed by atoms with E-state index in [0.717, 1.165) is 6.54 Å². The van der Waals surface area contributed by atoms with Crippen LogP contribution in [-0.4, -0.2) is 38.1 Å². The predicted molar refractivity (Wildman–Crippen MR) is 69.4 cm³/mol. The van der Waals surface area contributed by atoms with Gasteiger partial charge in [-0.05, 0) is 25.3 Å². The fraction of sp³-hybridized carbons (Fsp3) is 0.714. The van der Waals surface area contributed by atoms with Gasteiger partial charge in [-0.15, -0.1) is 0 Å². The van der Waals surface area contributed by atoms with Gasteiger partial charge in [0.1, 0.15) is 6.61 Å². The van der Waals surface area contributed by atoms with Gasteiger partial charge in [0.2, 0.25) is 5.78 Å². The summed E-state index contributed by atoms with van der Waals surface area (Å²) in [6, 6.07) is -0.248. The average Bonchev–Trinajstić information content (AvgIpc) is 2.86. The fourth-order valence-electron chi connectivity index (χ4n) is 2.73. The maximum atomic E-state index is 11.7. The van der Waals surface area contributed by atoms with Gasteiger partial charge in [-0.3, -0.25) is 9.59 Å². The monoisotopic (exact) mass is 267 g/mol. The van der Waals surface area contributed by atoms with Crippen molar-refractivity contribution in [3.63, 3.8) is 0 Å². The second-order valence-electron chi connectivity index (χ2n) is 5.20. The van der Waals surface area contributed by atoms with E-state index in [9.17, 15) is 9.59 Å². The molecule has 1 aliphatic carbocycles. The van der Waals surface area contributed by atoms with Gasteiger partial charge in [-0.2, -0.15) is 0 Å². The Balaban J connectivity index is 1.86. The van der Waals surface area contributed by atoms with E-state index in [4.69, 9.17) is 9.47 Å². The van der Waals surface area contributed by atoms with Crippen molar-refractivity contribution < 1.29 is 19.1 Å². The molecule has 1 fully saturated rings. The third-order valence-electron chi connectivity index (χ3n) is 3.83. The van der Waals surface area contributed by atoms with Gasteiger partial charge in [0.05, 0.1) is 17.9 Å². The molecule has 1 atom stereocenters. The van der Waals surface area contributed by atoms with Crippen LogP contribution in [0.3, 0.4) is 0 Å². The highest BCUT2D eigenvalue weighted by molar-refractivity contribution is 5.98. The lowest BCUT2D eigenvalue weighted by Crippen LogP contribution is -2.40. The van der Waals surface area contributed by atoms with E-state index in [1.165, 1.54) is 38.4 Å². The van der Waals surface area contributed by atoms with Gasteiger partial charge in [-0.25, -0.2) is 0 Å². The summed E-state index contributed by atoms with van der Waals surface area (Å²) in [7, 11) is 0. The lowest BCUT2D eigenvalue weighted by Gasteiger charge is -2.25. The SMILES string of the molecule is O=COCC(NCC1CCCCC1)C1=COCC1=O.